The summed E-state index contributed by atoms with van der Waals surface area (Å²) in [4.78, 5) is 12.0. The van der Waals surface area contributed by atoms with Gasteiger partial charge in [-0.25, -0.2) is 0 Å². The van der Waals surface area contributed by atoms with Crippen molar-refractivity contribution < 1.29 is 4.79 Å². The Bertz CT molecular complexity index is 359. The maximum atomic E-state index is 12.0. The van der Waals surface area contributed by atoms with E-state index in [1.165, 1.54) is 0 Å². The number of carbonyl (C=O) groups is 1. The Morgan fingerprint density at radius 2 is 1.75 bits per heavy atom. The van der Waals surface area contributed by atoms with E-state index < -0.39 is 0 Å². The molecule has 0 saturated carbocycles. The van der Waals surface area contributed by atoms with Crippen LogP contribution in [-0.4, -0.2) is 5.78 Å². The van der Waals surface area contributed by atoms with Gasteiger partial charge in [0, 0.05) is 15.6 Å². The normalized spacial score (nSPS) is 13.6. The molecule has 0 saturated heterocycles. The first-order valence-electron chi connectivity index (χ1n) is 5.59. The van der Waals surface area contributed by atoms with E-state index in [-0.39, 0.29) is 11.2 Å². The van der Waals surface area contributed by atoms with Crippen LogP contribution in [-0.2, 0) is 0 Å². The molecule has 1 atom stereocenters. The van der Waals surface area contributed by atoms with Gasteiger partial charge in [-0.3, -0.25) is 4.79 Å². The molecule has 1 aromatic carbocycles. The zero-order valence-electron chi connectivity index (χ0n) is 10.4. The van der Waals surface area contributed by atoms with Gasteiger partial charge < -0.3 is 0 Å². The Kier molecular flexibility index (Phi) is 4.53. The minimum atomic E-state index is 0.193. The highest BCUT2D eigenvalue weighted by Gasteiger charge is 2.22. The van der Waals surface area contributed by atoms with Crippen LogP contribution in [0.5, 0.6) is 0 Å². The number of hydrogen-bond acceptors (Lipinski definition) is 1. The van der Waals surface area contributed by atoms with Gasteiger partial charge in [0.2, 0.25) is 0 Å². The Morgan fingerprint density at radius 1 is 1.25 bits per heavy atom. The van der Waals surface area contributed by atoms with Crippen molar-refractivity contribution in [2.75, 3.05) is 0 Å². The summed E-state index contributed by atoms with van der Waals surface area (Å²) in [6, 6.07) is 7.80. The summed E-state index contributed by atoms with van der Waals surface area (Å²) in [5.74, 6) is 0.651. The lowest BCUT2D eigenvalue weighted by Gasteiger charge is -2.26. The summed E-state index contributed by atoms with van der Waals surface area (Å²) >= 11 is 2.25. The van der Waals surface area contributed by atoms with Gasteiger partial charge in [0.25, 0.3) is 0 Å². The molecule has 0 radical (unpaired) electrons. The molecule has 1 aromatic rings. The fourth-order valence-corrected chi connectivity index (χ4v) is 1.70. The molecular formula is C14H19IO. The van der Waals surface area contributed by atoms with Gasteiger partial charge in [0.1, 0.15) is 0 Å². The van der Waals surface area contributed by atoms with Crippen molar-refractivity contribution >= 4 is 28.4 Å². The van der Waals surface area contributed by atoms with Crippen molar-refractivity contribution in [2.24, 2.45) is 11.3 Å². The average molecular weight is 330 g/mol. The third-order valence-corrected chi connectivity index (χ3v) is 3.86. The summed E-state index contributed by atoms with van der Waals surface area (Å²) in [6.45, 7) is 8.68. The second-order valence-corrected chi connectivity index (χ2v) is 6.65. The molecule has 0 aliphatic rings. The molecule has 1 nitrogen and oxygen atoms in total. The first-order chi connectivity index (χ1) is 7.30. The minimum absolute atomic E-state index is 0.193. The number of Topliss-reactive ketones (excluding diaryl/α,β-unsaturated/α-hetero) is 1. The van der Waals surface area contributed by atoms with Gasteiger partial charge in [-0.2, -0.15) is 0 Å². The maximum Gasteiger partial charge on any atom is 0.163 e. The molecule has 1 unspecified atom stereocenters. The van der Waals surface area contributed by atoms with E-state index in [9.17, 15) is 4.79 Å². The molecule has 0 N–H and O–H groups in total. The molecular weight excluding hydrogens is 311 g/mol. The Hall–Kier alpha value is -0.380. The van der Waals surface area contributed by atoms with Gasteiger partial charge in [0.15, 0.2) is 5.78 Å². The van der Waals surface area contributed by atoms with Crippen molar-refractivity contribution in [3.05, 3.63) is 33.4 Å². The lowest BCUT2D eigenvalue weighted by atomic mass is 9.78. The quantitative estimate of drug-likeness (QED) is 0.587. The monoisotopic (exact) mass is 330 g/mol. The highest BCUT2D eigenvalue weighted by molar-refractivity contribution is 14.1. The van der Waals surface area contributed by atoms with E-state index in [1.54, 1.807) is 0 Å². The van der Waals surface area contributed by atoms with Crippen LogP contribution in [0, 0.1) is 14.9 Å². The van der Waals surface area contributed by atoms with E-state index in [2.05, 4.69) is 50.3 Å². The van der Waals surface area contributed by atoms with Crippen LogP contribution < -0.4 is 0 Å². The summed E-state index contributed by atoms with van der Waals surface area (Å²) in [5.41, 5.74) is 1.02. The number of ketones is 1. The molecule has 0 aromatic heterocycles. The number of rotatable bonds is 3. The van der Waals surface area contributed by atoms with Gasteiger partial charge in [0.05, 0.1) is 0 Å². The van der Waals surface area contributed by atoms with Crippen molar-refractivity contribution in [2.45, 2.75) is 34.1 Å². The van der Waals surface area contributed by atoms with E-state index in [4.69, 9.17) is 0 Å². The molecule has 1 rings (SSSR count). The fourth-order valence-electron chi connectivity index (χ4n) is 1.34. The summed E-state index contributed by atoms with van der Waals surface area (Å²) in [5, 5.41) is 0. The largest absolute Gasteiger partial charge is 0.294 e. The predicted molar refractivity (Wildman–Crippen MR) is 76.7 cm³/mol. The van der Waals surface area contributed by atoms with Crippen molar-refractivity contribution in [3.8, 4) is 0 Å². The Labute approximate surface area is 112 Å². The first kappa shape index (κ1) is 13.7. The van der Waals surface area contributed by atoms with Gasteiger partial charge in [-0.15, -0.1) is 0 Å². The maximum absolute atomic E-state index is 12.0. The van der Waals surface area contributed by atoms with E-state index in [0.29, 0.717) is 12.3 Å². The minimum Gasteiger partial charge on any atom is -0.294 e. The van der Waals surface area contributed by atoms with Crippen molar-refractivity contribution in [1.82, 2.24) is 0 Å². The van der Waals surface area contributed by atoms with Crippen LogP contribution in [0.2, 0.25) is 0 Å². The summed E-state index contributed by atoms with van der Waals surface area (Å²) in [6.07, 6.45) is 0.629. The fraction of sp³-hybridized carbons (Fsp3) is 0.500. The summed E-state index contributed by atoms with van der Waals surface area (Å²) < 4.78 is 1.16. The number of carbonyl (C=O) groups excluding carboxylic acids is 1. The smallest absolute Gasteiger partial charge is 0.163 e. The highest BCUT2D eigenvalue weighted by Crippen LogP contribution is 2.29. The standard InChI is InChI=1S/C14H19IO/c1-10(14(2,3)4)9-13(16)11-5-7-12(15)8-6-11/h5-8,10H,9H2,1-4H3. The molecule has 0 bridgehead atoms. The van der Waals surface area contributed by atoms with E-state index >= 15 is 0 Å². The van der Waals surface area contributed by atoms with Crippen molar-refractivity contribution in [3.63, 3.8) is 0 Å². The molecule has 0 fully saturated rings. The van der Waals surface area contributed by atoms with Crippen LogP contribution in [0.1, 0.15) is 44.5 Å². The van der Waals surface area contributed by atoms with E-state index in [0.717, 1.165) is 9.13 Å². The second kappa shape index (κ2) is 5.30. The Morgan fingerprint density at radius 3 is 2.19 bits per heavy atom. The molecule has 2 heteroatoms. The predicted octanol–water partition coefficient (Wildman–Crippen LogP) is 4.55. The van der Waals surface area contributed by atoms with Crippen molar-refractivity contribution in [1.29, 1.82) is 0 Å². The highest BCUT2D eigenvalue weighted by atomic mass is 127. The van der Waals surface area contributed by atoms with E-state index in [1.807, 2.05) is 24.3 Å². The molecule has 16 heavy (non-hydrogen) atoms. The van der Waals surface area contributed by atoms with Crippen LogP contribution in [0.15, 0.2) is 24.3 Å². The van der Waals surface area contributed by atoms with Gasteiger partial charge >= 0.3 is 0 Å². The van der Waals surface area contributed by atoms with Crippen LogP contribution in [0.4, 0.5) is 0 Å². The average Bonchev–Trinajstić information content (AvgIpc) is 2.17. The SMILES string of the molecule is CC(CC(=O)c1ccc(I)cc1)C(C)(C)C. The zero-order valence-corrected chi connectivity index (χ0v) is 12.5. The van der Waals surface area contributed by atoms with Crippen LogP contribution >= 0.6 is 22.6 Å². The zero-order chi connectivity index (χ0) is 12.3. The summed E-state index contributed by atoms with van der Waals surface area (Å²) in [7, 11) is 0. The topological polar surface area (TPSA) is 17.1 Å². The Balaban J connectivity index is 2.70. The molecule has 0 spiro atoms. The number of benzene rings is 1. The first-order valence-corrected chi connectivity index (χ1v) is 6.67. The molecule has 0 aliphatic carbocycles. The lowest BCUT2D eigenvalue weighted by molar-refractivity contribution is 0.0927. The van der Waals surface area contributed by atoms with Crippen LogP contribution in [0.3, 0.4) is 0 Å². The van der Waals surface area contributed by atoms with Gasteiger partial charge in [-0.05, 0) is 46.1 Å². The molecule has 0 amide bonds. The van der Waals surface area contributed by atoms with Gasteiger partial charge in [-0.1, -0.05) is 39.8 Å². The number of halogens is 1. The third kappa shape index (κ3) is 3.89. The third-order valence-electron chi connectivity index (χ3n) is 3.14. The van der Waals surface area contributed by atoms with Crippen LogP contribution in [0.25, 0.3) is 0 Å². The molecule has 88 valence electrons. The number of hydrogen-bond donors (Lipinski definition) is 0. The molecule has 0 aliphatic heterocycles. The lowest BCUT2D eigenvalue weighted by Crippen LogP contribution is -2.20. The second-order valence-electron chi connectivity index (χ2n) is 5.40. The molecule has 0 heterocycles.